The first kappa shape index (κ1) is 15.6. The van der Waals surface area contributed by atoms with Crippen LogP contribution >= 0.6 is 0 Å². The van der Waals surface area contributed by atoms with E-state index in [4.69, 9.17) is 10.00 Å². The van der Waals surface area contributed by atoms with Crippen molar-refractivity contribution in [2.75, 3.05) is 24.5 Å². The minimum Gasteiger partial charge on any atom is -0.444 e. The van der Waals surface area contributed by atoms with Crippen LogP contribution in [0.25, 0.3) is 0 Å². The van der Waals surface area contributed by atoms with Crippen molar-refractivity contribution in [3.05, 3.63) is 23.5 Å². The van der Waals surface area contributed by atoms with E-state index in [1.54, 1.807) is 6.20 Å². The molecule has 0 bridgehead atoms. The molecule has 6 nitrogen and oxygen atoms in total. The SMILES string of the molecule is Cc1ncc(N2C[C@H]3CN(C(=O)OC(C)(C)C)[C@H]3C2)cc1C#N. The van der Waals surface area contributed by atoms with E-state index in [9.17, 15) is 4.79 Å². The molecular weight excluding hydrogens is 292 g/mol. The smallest absolute Gasteiger partial charge is 0.410 e. The molecule has 3 rings (SSSR count). The van der Waals surface area contributed by atoms with E-state index in [-0.39, 0.29) is 12.1 Å². The third-order valence-electron chi connectivity index (χ3n) is 4.42. The average Bonchev–Trinajstić information content (AvgIpc) is 2.75. The first-order chi connectivity index (χ1) is 10.8. The van der Waals surface area contributed by atoms with Crippen LogP contribution in [0.1, 0.15) is 32.0 Å². The molecule has 2 atom stereocenters. The summed E-state index contributed by atoms with van der Waals surface area (Å²) in [6.07, 6.45) is 1.57. The van der Waals surface area contributed by atoms with Gasteiger partial charge in [-0.15, -0.1) is 0 Å². The second-order valence-electron chi connectivity index (χ2n) is 7.30. The minimum absolute atomic E-state index is 0.191. The molecule has 0 aromatic carbocycles. The molecule has 1 aromatic heterocycles. The normalized spacial score (nSPS) is 23.1. The van der Waals surface area contributed by atoms with Gasteiger partial charge in [0.25, 0.3) is 0 Å². The number of anilines is 1. The maximum absolute atomic E-state index is 12.2. The molecule has 0 radical (unpaired) electrons. The number of carbonyl (C=O) groups excluding carboxylic acids is 1. The molecule has 0 unspecified atom stereocenters. The summed E-state index contributed by atoms with van der Waals surface area (Å²) < 4.78 is 5.46. The maximum atomic E-state index is 12.2. The van der Waals surface area contributed by atoms with Crippen molar-refractivity contribution in [1.82, 2.24) is 9.88 Å². The van der Waals surface area contributed by atoms with E-state index >= 15 is 0 Å². The first-order valence-corrected chi connectivity index (χ1v) is 7.90. The predicted molar refractivity (Wildman–Crippen MR) is 86.1 cm³/mol. The summed E-state index contributed by atoms with van der Waals surface area (Å²) >= 11 is 0. The van der Waals surface area contributed by atoms with E-state index in [1.165, 1.54) is 0 Å². The van der Waals surface area contributed by atoms with Gasteiger partial charge in [-0.25, -0.2) is 4.79 Å². The molecule has 0 saturated carbocycles. The van der Waals surface area contributed by atoms with Gasteiger partial charge in [0.05, 0.1) is 29.2 Å². The molecule has 6 heteroatoms. The van der Waals surface area contributed by atoms with E-state index in [0.717, 1.165) is 31.0 Å². The quantitative estimate of drug-likeness (QED) is 0.795. The highest BCUT2D eigenvalue weighted by molar-refractivity contribution is 5.70. The lowest BCUT2D eigenvalue weighted by Gasteiger charge is -2.43. The lowest BCUT2D eigenvalue weighted by Crippen LogP contribution is -2.59. The summed E-state index contributed by atoms with van der Waals surface area (Å²) in [6.45, 7) is 9.86. The topological polar surface area (TPSA) is 69.5 Å². The Balaban J connectivity index is 1.68. The van der Waals surface area contributed by atoms with Gasteiger partial charge in [-0.1, -0.05) is 0 Å². The van der Waals surface area contributed by atoms with E-state index in [0.29, 0.717) is 11.5 Å². The Morgan fingerprint density at radius 1 is 1.39 bits per heavy atom. The van der Waals surface area contributed by atoms with Crippen LogP contribution in [0.2, 0.25) is 0 Å². The lowest BCUT2D eigenvalue weighted by atomic mass is 9.93. The van der Waals surface area contributed by atoms with Crippen molar-refractivity contribution < 1.29 is 9.53 Å². The zero-order valence-corrected chi connectivity index (χ0v) is 14.0. The summed E-state index contributed by atoms with van der Waals surface area (Å²) in [7, 11) is 0. The van der Waals surface area contributed by atoms with Crippen LogP contribution in [0.4, 0.5) is 10.5 Å². The zero-order chi connectivity index (χ0) is 16.8. The van der Waals surface area contributed by atoms with Crippen LogP contribution < -0.4 is 4.90 Å². The Morgan fingerprint density at radius 3 is 2.78 bits per heavy atom. The fraction of sp³-hybridized carbons (Fsp3) is 0.588. The van der Waals surface area contributed by atoms with Gasteiger partial charge in [-0.3, -0.25) is 4.98 Å². The molecule has 23 heavy (non-hydrogen) atoms. The molecule has 2 fully saturated rings. The second kappa shape index (κ2) is 5.41. The van der Waals surface area contributed by atoms with E-state index in [1.807, 2.05) is 38.7 Å². The van der Waals surface area contributed by atoms with Gasteiger partial charge in [0.2, 0.25) is 0 Å². The Bertz CT molecular complexity index is 674. The number of nitriles is 1. The van der Waals surface area contributed by atoms with Crippen molar-refractivity contribution in [2.24, 2.45) is 5.92 Å². The molecule has 2 saturated heterocycles. The molecule has 2 aliphatic rings. The number of ether oxygens (including phenoxy) is 1. The highest BCUT2D eigenvalue weighted by atomic mass is 16.6. The number of fused-ring (bicyclic) bond motifs is 1. The van der Waals surface area contributed by atoms with Crippen LogP contribution in [0.3, 0.4) is 0 Å². The molecule has 122 valence electrons. The largest absolute Gasteiger partial charge is 0.444 e. The minimum atomic E-state index is -0.469. The Labute approximate surface area is 136 Å². The first-order valence-electron chi connectivity index (χ1n) is 7.90. The number of likely N-dealkylation sites (tertiary alicyclic amines) is 1. The highest BCUT2D eigenvalue weighted by Gasteiger charge is 2.49. The number of hydrogen-bond donors (Lipinski definition) is 0. The standard InChI is InChI=1S/C17H22N4O2/c1-11-12(6-18)5-14(7-19-11)20-8-13-9-21(15(13)10-20)16(22)23-17(2,3)4/h5,7,13,15H,8-10H2,1-4H3/t13-,15-/m0/s1. The van der Waals surface area contributed by atoms with Gasteiger partial charge in [-0.2, -0.15) is 5.26 Å². The summed E-state index contributed by atoms with van der Waals surface area (Å²) in [5, 5.41) is 9.15. The molecule has 3 heterocycles. The predicted octanol–water partition coefficient (Wildman–Crippen LogP) is 2.32. The highest BCUT2D eigenvalue weighted by Crippen LogP contribution is 2.36. The van der Waals surface area contributed by atoms with Crippen molar-refractivity contribution in [2.45, 2.75) is 39.3 Å². The fourth-order valence-corrected chi connectivity index (χ4v) is 3.19. The Morgan fingerprint density at radius 2 is 2.13 bits per heavy atom. The summed E-state index contributed by atoms with van der Waals surface area (Å²) in [5.41, 5.74) is 1.83. The van der Waals surface area contributed by atoms with Crippen molar-refractivity contribution in [1.29, 1.82) is 5.26 Å². The van der Waals surface area contributed by atoms with Crippen LogP contribution in [0, 0.1) is 24.2 Å². The van der Waals surface area contributed by atoms with Crippen molar-refractivity contribution in [3.8, 4) is 6.07 Å². The monoisotopic (exact) mass is 314 g/mol. The number of rotatable bonds is 1. The Kier molecular flexibility index (Phi) is 3.67. The second-order valence-corrected chi connectivity index (χ2v) is 7.30. The van der Waals surface area contributed by atoms with Gasteiger partial charge in [0.1, 0.15) is 11.7 Å². The van der Waals surface area contributed by atoms with Crippen LogP contribution in [0.15, 0.2) is 12.3 Å². The summed E-state index contributed by atoms with van der Waals surface area (Å²) in [6, 6.07) is 4.25. The molecule has 2 aliphatic heterocycles. The molecule has 0 aliphatic carbocycles. The maximum Gasteiger partial charge on any atom is 0.410 e. The van der Waals surface area contributed by atoms with Gasteiger partial charge in [0.15, 0.2) is 0 Å². The average molecular weight is 314 g/mol. The molecular formula is C17H22N4O2. The summed E-state index contributed by atoms with van der Waals surface area (Å²) in [4.78, 5) is 20.5. The van der Waals surface area contributed by atoms with E-state index < -0.39 is 5.60 Å². The van der Waals surface area contributed by atoms with Crippen molar-refractivity contribution in [3.63, 3.8) is 0 Å². The number of aromatic nitrogens is 1. The van der Waals surface area contributed by atoms with Crippen LogP contribution in [-0.4, -0.2) is 47.3 Å². The summed E-state index contributed by atoms with van der Waals surface area (Å²) in [5.74, 6) is 0.467. The van der Waals surface area contributed by atoms with Gasteiger partial charge >= 0.3 is 6.09 Å². The number of hydrogen-bond acceptors (Lipinski definition) is 5. The fourth-order valence-electron chi connectivity index (χ4n) is 3.19. The number of amides is 1. The zero-order valence-electron chi connectivity index (χ0n) is 14.0. The third-order valence-corrected chi connectivity index (χ3v) is 4.42. The number of nitrogens with zero attached hydrogens (tertiary/aromatic N) is 4. The molecule has 0 N–H and O–H groups in total. The van der Waals surface area contributed by atoms with Gasteiger partial charge in [0, 0.05) is 25.6 Å². The molecule has 0 spiro atoms. The Hall–Kier alpha value is -2.29. The number of pyridine rings is 1. The van der Waals surface area contributed by atoms with Crippen molar-refractivity contribution >= 4 is 11.8 Å². The van der Waals surface area contributed by atoms with Crippen LogP contribution in [-0.2, 0) is 4.74 Å². The lowest BCUT2D eigenvalue weighted by molar-refractivity contribution is -0.0163. The van der Waals surface area contributed by atoms with E-state index in [2.05, 4.69) is 16.0 Å². The number of carbonyl (C=O) groups is 1. The molecule has 1 aromatic rings. The van der Waals surface area contributed by atoms with Crippen LogP contribution in [0.5, 0.6) is 0 Å². The number of aryl methyl sites for hydroxylation is 1. The van der Waals surface area contributed by atoms with Gasteiger partial charge in [-0.05, 0) is 33.8 Å². The van der Waals surface area contributed by atoms with Gasteiger partial charge < -0.3 is 14.5 Å². The third kappa shape index (κ3) is 2.96. The molecule has 1 amide bonds.